The summed E-state index contributed by atoms with van der Waals surface area (Å²) in [6, 6.07) is 0.140. The Kier molecular flexibility index (Phi) is 6.51. The minimum Gasteiger partial charge on any atom is -0.480 e. The van der Waals surface area contributed by atoms with Crippen molar-refractivity contribution in [3.05, 3.63) is 22.4 Å². The zero-order valence-electron chi connectivity index (χ0n) is 10.9. The van der Waals surface area contributed by atoms with E-state index in [4.69, 9.17) is 5.11 Å². The fraction of sp³-hybridized carbons (Fsp3) is 0.417. The average molecular weight is 300 g/mol. The minimum absolute atomic E-state index is 0.0200. The first-order chi connectivity index (χ1) is 9.52. The number of urea groups is 1. The Bertz CT molecular complexity index is 460. The second-order valence-electron chi connectivity index (χ2n) is 3.96. The highest BCUT2D eigenvalue weighted by Gasteiger charge is 2.21. The van der Waals surface area contributed by atoms with E-state index in [0.717, 1.165) is 5.56 Å². The van der Waals surface area contributed by atoms with Crippen molar-refractivity contribution in [3.63, 3.8) is 0 Å². The van der Waals surface area contributed by atoms with E-state index in [0.29, 0.717) is 6.54 Å². The molecule has 1 aromatic heterocycles. The van der Waals surface area contributed by atoms with Gasteiger partial charge < -0.3 is 20.5 Å². The number of hydrogen-bond donors (Lipinski definition) is 3. The number of carboxylic acid groups (broad SMARTS) is 1. The van der Waals surface area contributed by atoms with Gasteiger partial charge in [0, 0.05) is 13.0 Å². The van der Waals surface area contributed by atoms with Crippen LogP contribution in [-0.2, 0) is 20.9 Å². The van der Waals surface area contributed by atoms with Gasteiger partial charge in [0.05, 0.1) is 7.11 Å². The molecule has 3 N–H and O–H groups in total. The van der Waals surface area contributed by atoms with Gasteiger partial charge in [-0.3, -0.25) is 4.79 Å². The van der Waals surface area contributed by atoms with Gasteiger partial charge in [-0.15, -0.1) is 0 Å². The number of carboxylic acids is 1. The summed E-state index contributed by atoms with van der Waals surface area (Å²) < 4.78 is 4.42. The van der Waals surface area contributed by atoms with Crippen molar-refractivity contribution < 1.29 is 24.2 Å². The molecule has 0 aliphatic carbocycles. The van der Waals surface area contributed by atoms with E-state index in [1.807, 2.05) is 16.8 Å². The summed E-state index contributed by atoms with van der Waals surface area (Å²) in [6.07, 6.45) is -0.0911. The number of aliphatic carboxylic acids is 1. The van der Waals surface area contributed by atoms with Crippen molar-refractivity contribution in [2.75, 3.05) is 7.11 Å². The predicted molar refractivity (Wildman–Crippen MR) is 72.4 cm³/mol. The zero-order chi connectivity index (χ0) is 15.0. The average Bonchev–Trinajstić information content (AvgIpc) is 2.93. The maximum Gasteiger partial charge on any atom is 0.326 e. The zero-order valence-corrected chi connectivity index (χ0v) is 11.7. The van der Waals surface area contributed by atoms with Crippen LogP contribution >= 0.6 is 11.3 Å². The lowest BCUT2D eigenvalue weighted by molar-refractivity contribution is -0.142. The van der Waals surface area contributed by atoms with Crippen LogP contribution in [0.2, 0.25) is 0 Å². The van der Waals surface area contributed by atoms with Crippen LogP contribution in [-0.4, -0.2) is 36.2 Å². The number of amides is 2. The molecule has 0 unspecified atom stereocenters. The van der Waals surface area contributed by atoms with Crippen LogP contribution in [0.15, 0.2) is 16.8 Å². The van der Waals surface area contributed by atoms with Gasteiger partial charge in [0.25, 0.3) is 0 Å². The molecule has 0 saturated carbocycles. The van der Waals surface area contributed by atoms with Gasteiger partial charge in [0.2, 0.25) is 0 Å². The van der Waals surface area contributed by atoms with Crippen molar-refractivity contribution >= 4 is 29.3 Å². The maximum absolute atomic E-state index is 11.6. The summed E-state index contributed by atoms with van der Waals surface area (Å²) >= 11 is 1.51. The van der Waals surface area contributed by atoms with Crippen LogP contribution in [0.3, 0.4) is 0 Å². The number of thiophene rings is 1. The molecule has 20 heavy (non-hydrogen) atoms. The van der Waals surface area contributed by atoms with Crippen molar-refractivity contribution in [3.8, 4) is 0 Å². The number of hydrogen-bond acceptors (Lipinski definition) is 5. The van der Waals surface area contributed by atoms with Crippen LogP contribution < -0.4 is 10.6 Å². The molecule has 0 saturated heterocycles. The van der Waals surface area contributed by atoms with Crippen LogP contribution in [0.25, 0.3) is 0 Å². The Morgan fingerprint density at radius 2 is 2.20 bits per heavy atom. The van der Waals surface area contributed by atoms with E-state index >= 15 is 0 Å². The standard InChI is InChI=1S/C12H16N2O5S/c1-19-10(15)3-2-9(11(16)17)14-12(18)13-6-8-4-5-20-7-8/h4-5,7,9H,2-3,6H2,1H3,(H,16,17)(H2,13,14,18)/t9-/m0/s1. The number of esters is 1. The predicted octanol–water partition coefficient (Wildman–Crippen LogP) is 0.954. The normalized spacial score (nSPS) is 11.4. The third-order valence-electron chi connectivity index (χ3n) is 2.50. The van der Waals surface area contributed by atoms with E-state index in [1.54, 1.807) is 0 Å². The Hall–Kier alpha value is -2.09. The molecule has 0 aromatic carbocycles. The number of nitrogens with one attached hydrogen (secondary N) is 2. The first-order valence-electron chi connectivity index (χ1n) is 5.88. The van der Waals surface area contributed by atoms with Gasteiger partial charge in [-0.2, -0.15) is 11.3 Å². The minimum atomic E-state index is -1.19. The monoisotopic (exact) mass is 300 g/mol. The molecule has 0 bridgehead atoms. The Morgan fingerprint density at radius 1 is 1.45 bits per heavy atom. The molecule has 1 heterocycles. The SMILES string of the molecule is COC(=O)CC[C@H](NC(=O)NCc1ccsc1)C(=O)O. The second-order valence-corrected chi connectivity index (χ2v) is 4.74. The van der Waals surface area contributed by atoms with E-state index in [2.05, 4.69) is 15.4 Å². The van der Waals surface area contributed by atoms with E-state index in [9.17, 15) is 14.4 Å². The van der Waals surface area contributed by atoms with Gasteiger partial charge in [-0.05, 0) is 28.8 Å². The summed E-state index contributed by atoms with van der Waals surface area (Å²) in [7, 11) is 1.22. The summed E-state index contributed by atoms with van der Waals surface area (Å²) in [5.74, 6) is -1.71. The fourth-order valence-corrected chi connectivity index (χ4v) is 2.08. The Labute approximate surface area is 119 Å². The van der Waals surface area contributed by atoms with E-state index in [-0.39, 0.29) is 12.8 Å². The van der Waals surface area contributed by atoms with E-state index < -0.39 is 24.0 Å². The maximum atomic E-state index is 11.6. The molecular formula is C12H16N2O5S. The number of ether oxygens (including phenoxy) is 1. The molecular weight excluding hydrogens is 284 g/mol. The highest BCUT2D eigenvalue weighted by atomic mass is 32.1. The molecule has 0 aliphatic heterocycles. The van der Waals surface area contributed by atoms with Gasteiger partial charge in [0.15, 0.2) is 0 Å². The van der Waals surface area contributed by atoms with Crippen LogP contribution in [0, 0.1) is 0 Å². The first-order valence-corrected chi connectivity index (χ1v) is 6.82. The molecule has 1 rings (SSSR count). The number of carbonyl (C=O) groups excluding carboxylic acids is 2. The molecule has 0 spiro atoms. The van der Waals surface area contributed by atoms with E-state index in [1.165, 1.54) is 18.4 Å². The Morgan fingerprint density at radius 3 is 2.75 bits per heavy atom. The van der Waals surface area contributed by atoms with Crippen LogP contribution in [0.4, 0.5) is 4.79 Å². The second kappa shape index (κ2) is 8.16. The first kappa shape index (κ1) is 16.0. The van der Waals surface area contributed by atoms with Crippen molar-refractivity contribution in [1.29, 1.82) is 0 Å². The number of rotatable bonds is 7. The fourth-order valence-electron chi connectivity index (χ4n) is 1.41. The number of methoxy groups -OCH3 is 1. The smallest absolute Gasteiger partial charge is 0.326 e. The van der Waals surface area contributed by atoms with Crippen LogP contribution in [0.5, 0.6) is 0 Å². The topological polar surface area (TPSA) is 105 Å². The lowest BCUT2D eigenvalue weighted by atomic mass is 10.1. The lowest BCUT2D eigenvalue weighted by Gasteiger charge is -2.14. The van der Waals surface area contributed by atoms with Crippen molar-refractivity contribution in [2.24, 2.45) is 0 Å². The largest absolute Gasteiger partial charge is 0.480 e. The number of carbonyl (C=O) groups is 3. The van der Waals surface area contributed by atoms with Gasteiger partial charge in [-0.1, -0.05) is 0 Å². The van der Waals surface area contributed by atoms with Crippen molar-refractivity contribution in [2.45, 2.75) is 25.4 Å². The van der Waals surface area contributed by atoms with Crippen molar-refractivity contribution in [1.82, 2.24) is 10.6 Å². The summed E-state index contributed by atoms with van der Waals surface area (Å²) in [6.45, 7) is 0.318. The molecule has 0 radical (unpaired) electrons. The summed E-state index contributed by atoms with van der Waals surface area (Å²) in [5.41, 5.74) is 0.937. The molecule has 1 atom stereocenters. The summed E-state index contributed by atoms with van der Waals surface area (Å²) in [4.78, 5) is 33.5. The molecule has 1 aromatic rings. The Balaban J connectivity index is 2.38. The highest BCUT2D eigenvalue weighted by Crippen LogP contribution is 2.05. The van der Waals surface area contributed by atoms with Gasteiger partial charge in [0.1, 0.15) is 6.04 Å². The molecule has 2 amide bonds. The third-order valence-corrected chi connectivity index (χ3v) is 3.23. The lowest BCUT2D eigenvalue weighted by Crippen LogP contribution is -2.46. The molecule has 110 valence electrons. The summed E-state index contributed by atoms with van der Waals surface area (Å²) in [5, 5.41) is 17.6. The molecule has 8 heteroatoms. The van der Waals surface area contributed by atoms with Gasteiger partial charge >= 0.3 is 18.0 Å². The molecule has 7 nitrogen and oxygen atoms in total. The molecule has 0 aliphatic rings. The quantitative estimate of drug-likeness (QED) is 0.650. The van der Waals surface area contributed by atoms with Gasteiger partial charge in [-0.25, -0.2) is 9.59 Å². The van der Waals surface area contributed by atoms with Crippen LogP contribution in [0.1, 0.15) is 18.4 Å². The highest BCUT2D eigenvalue weighted by molar-refractivity contribution is 7.07. The molecule has 0 fully saturated rings. The third kappa shape index (κ3) is 5.70.